The molecular weight excluding hydrogens is 494 g/mol. The van der Waals surface area contributed by atoms with Crippen LogP contribution >= 0.6 is 11.6 Å². The molecule has 0 heterocycles. The number of phenols is 1. The molecule has 0 aromatic heterocycles. The third-order valence-electron chi connectivity index (χ3n) is 5.57. The molecule has 0 aliphatic rings. The van der Waals surface area contributed by atoms with E-state index in [1.165, 1.54) is 26.2 Å². The molecule has 0 aliphatic heterocycles. The van der Waals surface area contributed by atoms with E-state index in [0.717, 1.165) is 9.87 Å². The van der Waals surface area contributed by atoms with Crippen LogP contribution in [0.1, 0.15) is 32.4 Å². The molecule has 3 N–H and O–H groups in total. The number of nitrogens with one attached hydrogen (secondary N) is 2. The number of halogens is 1. The second kappa shape index (κ2) is 9.52. The predicted molar refractivity (Wildman–Crippen MR) is 137 cm³/mol. The van der Waals surface area contributed by atoms with Gasteiger partial charge in [0.25, 0.3) is 10.9 Å². The van der Waals surface area contributed by atoms with Crippen molar-refractivity contribution in [2.24, 2.45) is 5.41 Å². The summed E-state index contributed by atoms with van der Waals surface area (Å²) >= 11 is 6.06. The maximum absolute atomic E-state index is 12.6. The Morgan fingerprint density at radius 2 is 1.69 bits per heavy atom. The molecule has 0 bridgehead atoms. The summed E-state index contributed by atoms with van der Waals surface area (Å²) in [6.07, 6.45) is 0. The highest BCUT2D eigenvalue weighted by Gasteiger charge is 2.32. The average Bonchev–Trinajstić information content (AvgIpc) is 2.78. The maximum Gasteiger partial charge on any atom is 0.253 e. The number of anilines is 3. The Hall–Kier alpha value is -3.08. The minimum atomic E-state index is -4.09. The zero-order valence-electron chi connectivity index (χ0n) is 20.3. The van der Waals surface area contributed by atoms with Crippen molar-refractivity contribution in [1.82, 2.24) is 4.31 Å². The Morgan fingerprint density at radius 3 is 2.26 bits per heavy atom. The number of methoxy groups -OCH3 is 1. The zero-order valence-corrected chi connectivity index (χ0v) is 21.8. The van der Waals surface area contributed by atoms with E-state index in [1.54, 1.807) is 13.2 Å². The summed E-state index contributed by atoms with van der Waals surface area (Å²) in [5, 5.41) is 16.4. The summed E-state index contributed by atoms with van der Waals surface area (Å²) in [6.45, 7) is 5.94. The molecule has 0 radical (unpaired) electrons. The lowest BCUT2D eigenvalue weighted by Gasteiger charge is -2.34. The lowest BCUT2D eigenvalue weighted by atomic mass is 9.82. The van der Waals surface area contributed by atoms with Gasteiger partial charge in [-0.25, -0.2) is 12.7 Å². The normalized spacial score (nSPS) is 13.1. The Labute approximate surface area is 209 Å². The van der Waals surface area contributed by atoms with Crippen LogP contribution in [0.15, 0.2) is 50.9 Å². The number of phenolic OH excluding ortho intramolecular Hbond substituents is 1. The van der Waals surface area contributed by atoms with Crippen molar-refractivity contribution < 1.29 is 18.3 Å². The van der Waals surface area contributed by atoms with Crippen molar-refractivity contribution in [3.05, 3.63) is 67.4 Å². The third kappa shape index (κ3) is 5.00. The van der Waals surface area contributed by atoms with Crippen LogP contribution in [0.2, 0.25) is 5.02 Å². The first-order valence-electron chi connectivity index (χ1n) is 10.6. The van der Waals surface area contributed by atoms with Crippen LogP contribution in [-0.2, 0) is 10.0 Å². The van der Waals surface area contributed by atoms with Crippen molar-refractivity contribution in [3.8, 4) is 11.5 Å². The van der Waals surface area contributed by atoms with Crippen LogP contribution in [0.25, 0.3) is 0 Å². The number of rotatable bonds is 8. The second-order valence-electron chi connectivity index (χ2n) is 9.31. The molecular formula is C24H28ClN3O6S. The number of hydrogen-bond acceptors (Lipinski definition) is 8. The van der Waals surface area contributed by atoms with Gasteiger partial charge in [-0.05, 0) is 35.2 Å². The molecule has 0 saturated carbocycles. The highest BCUT2D eigenvalue weighted by Crippen LogP contribution is 2.41. The number of ether oxygens (including phenoxy) is 1. The van der Waals surface area contributed by atoms with E-state index in [1.807, 2.05) is 39.0 Å². The van der Waals surface area contributed by atoms with Gasteiger partial charge in [0.05, 0.1) is 23.9 Å². The first kappa shape index (κ1) is 26.5. The lowest BCUT2D eigenvalue weighted by molar-refractivity contribution is 0.345. The standard InChI is InChI=1S/C24H28ClN3O6S/c1-24(2,3)23(13-8-7-9-14(12-13)34-6)27-18-17(20(30)21(18)31)26-16-11-10-15(25)22(19(16)29)35(32,33)28(4)5/h7-12,23,26-27,29H,1-6H3. The van der Waals surface area contributed by atoms with Crippen molar-refractivity contribution >= 4 is 38.7 Å². The molecule has 3 aromatic carbocycles. The van der Waals surface area contributed by atoms with Crippen molar-refractivity contribution in [2.45, 2.75) is 31.7 Å². The Morgan fingerprint density at radius 1 is 1.06 bits per heavy atom. The largest absolute Gasteiger partial charge is 0.504 e. The van der Waals surface area contributed by atoms with Gasteiger partial charge in [0, 0.05) is 14.1 Å². The predicted octanol–water partition coefficient (Wildman–Crippen LogP) is 3.84. The highest BCUT2D eigenvalue weighted by molar-refractivity contribution is 7.89. The van der Waals surface area contributed by atoms with E-state index < -0.39 is 31.5 Å². The van der Waals surface area contributed by atoms with E-state index in [9.17, 15) is 23.1 Å². The highest BCUT2D eigenvalue weighted by atomic mass is 35.5. The topological polar surface area (TPSA) is 125 Å². The van der Waals surface area contributed by atoms with Gasteiger partial charge in [0.2, 0.25) is 10.0 Å². The molecule has 0 aliphatic carbocycles. The SMILES string of the molecule is COc1cccc(C(Nc2c(Nc3ccc(Cl)c(S(=O)(=O)N(C)C)c3O)c(=O)c2=O)C(C)(C)C)c1. The van der Waals surface area contributed by atoms with Gasteiger partial charge >= 0.3 is 0 Å². The van der Waals surface area contributed by atoms with Gasteiger partial charge in [0.15, 0.2) is 5.75 Å². The smallest absolute Gasteiger partial charge is 0.253 e. The van der Waals surface area contributed by atoms with Crippen LogP contribution in [-0.4, -0.2) is 39.0 Å². The maximum atomic E-state index is 12.6. The summed E-state index contributed by atoms with van der Waals surface area (Å²) in [5.41, 5.74) is -1.19. The minimum absolute atomic E-state index is 0.0316. The molecule has 1 unspecified atom stereocenters. The van der Waals surface area contributed by atoms with E-state index in [0.29, 0.717) is 5.75 Å². The average molecular weight is 522 g/mol. The molecule has 0 fully saturated rings. The van der Waals surface area contributed by atoms with Gasteiger partial charge < -0.3 is 20.5 Å². The van der Waals surface area contributed by atoms with E-state index in [2.05, 4.69) is 10.6 Å². The molecule has 188 valence electrons. The minimum Gasteiger partial charge on any atom is -0.504 e. The van der Waals surface area contributed by atoms with Crippen molar-refractivity contribution in [2.75, 3.05) is 31.8 Å². The van der Waals surface area contributed by atoms with Crippen molar-refractivity contribution in [1.29, 1.82) is 0 Å². The van der Waals surface area contributed by atoms with E-state index >= 15 is 0 Å². The van der Waals surface area contributed by atoms with E-state index in [-0.39, 0.29) is 33.5 Å². The van der Waals surface area contributed by atoms with Gasteiger partial charge in [-0.1, -0.05) is 44.5 Å². The van der Waals surface area contributed by atoms with Gasteiger partial charge in [0.1, 0.15) is 22.0 Å². The first-order chi connectivity index (χ1) is 16.2. The molecule has 3 rings (SSSR count). The number of aromatic hydroxyl groups is 1. The molecule has 0 saturated heterocycles. The fourth-order valence-corrected chi connectivity index (χ4v) is 5.10. The number of nitrogens with zero attached hydrogens (tertiary/aromatic N) is 1. The number of hydrogen-bond donors (Lipinski definition) is 3. The molecule has 9 nitrogen and oxygen atoms in total. The first-order valence-corrected chi connectivity index (χ1v) is 12.5. The lowest BCUT2D eigenvalue weighted by Crippen LogP contribution is -2.39. The Bertz CT molecular complexity index is 1440. The molecule has 35 heavy (non-hydrogen) atoms. The second-order valence-corrected chi connectivity index (χ2v) is 11.8. The molecule has 11 heteroatoms. The summed E-state index contributed by atoms with van der Waals surface area (Å²) in [6, 6.07) is 9.58. The summed E-state index contributed by atoms with van der Waals surface area (Å²) < 4.78 is 31.5. The van der Waals surface area contributed by atoms with Crippen LogP contribution in [0.5, 0.6) is 11.5 Å². The third-order valence-corrected chi connectivity index (χ3v) is 7.89. The molecule has 0 amide bonds. The quantitative estimate of drug-likeness (QED) is 0.301. The number of benzene rings is 2. The van der Waals surface area contributed by atoms with Crippen LogP contribution in [0, 0.1) is 5.41 Å². The monoisotopic (exact) mass is 521 g/mol. The van der Waals surface area contributed by atoms with Crippen LogP contribution in [0.3, 0.4) is 0 Å². The van der Waals surface area contributed by atoms with E-state index in [4.69, 9.17) is 16.3 Å². The van der Waals surface area contributed by atoms with Crippen LogP contribution in [0.4, 0.5) is 17.1 Å². The summed E-state index contributed by atoms with van der Waals surface area (Å²) in [5.74, 6) is -0.0204. The van der Waals surface area contributed by atoms with Crippen LogP contribution < -0.4 is 26.2 Å². The Balaban J connectivity index is 2.04. The fraction of sp³-hybridized carbons (Fsp3) is 0.333. The fourth-order valence-electron chi connectivity index (χ4n) is 3.62. The molecule has 3 aromatic rings. The zero-order chi connectivity index (χ0) is 26.3. The summed E-state index contributed by atoms with van der Waals surface area (Å²) in [4.78, 5) is 24.5. The number of sulfonamides is 1. The van der Waals surface area contributed by atoms with Gasteiger partial charge in [-0.2, -0.15) is 0 Å². The molecule has 0 spiro atoms. The Kier molecular flexibility index (Phi) is 7.21. The van der Waals surface area contributed by atoms with Gasteiger partial charge in [-0.15, -0.1) is 0 Å². The summed E-state index contributed by atoms with van der Waals surface area (Å²) in [7, 11) is 0.0695. The molecule has 1 atom stereocenters. The van der Waals surface area contributed by atoms with Gasteiger partial charge in [-0.3, -0.25) is 9.59 Å². The van der Waals surface area contributed by atoms with Crippen molar-refractivity contribution in [3.63, 3.8) is 0 Å².